The number of alkyl halides is 3. The van der Waals surface area contributed by atoms with Crippen LogP contribution in [0.5, 0.6) is 0 Å². The number of hydrogen-bond acceptors (Lipinski definition) is 1. The molecule has 0 aliphatic rings. The lowest BCUT2D eigenvalue weighted by Crippen LogP contribution is -2.41. The van der Waals surface area contributed by atoms with E-state index in [1.54, 1.807) is 38.1 Å². The zero-order chi connectivity index (χ0) is 14.6. The summed E-state index contributed by atoms with van der Waals surface area (Å²) >= 11 is 2.07. The highest BCUT2D eigenvalue weighted by atomic mass is 127. The van der Waals surface area contributed by atoms with Gasteiger partial charge in [0.1, 0.15) is 6.54 Å². The molecule has 1 rings (SSSR count). The van der Waals surface area contributed by atoms with Gasteiger partial charge in [-0.15, -0.1) is 0 Å². The van der Waals surface area contributed by atoms with Crippen LogP contribution in [-0.4, -0.2) is 30.1 Å². The number of hydrogen-bond donors (Lipinski definition) is 0. The summed E-state index contributed by atoms with van der Waals surface area (Å²) in [6, 6.07) is 6.51. The minimum atomic E-state index is -4.38. The van der Waals surface area contributed by atoms with E-state index in [0.29, 0.717) is 0 Å². The third-order valence-electron chi connectivity index (χ3n) is 2.33. The Hall–Kier alpha value is -0.790. The number of halogens is 4. The van der Waals surface area contributed by atoms with Crippen molar-refractivity contribution in [1.29, 1.82) is 0 Å². The molecule has 0 saturated heterocycles. The first-order chi connectivity index (χ1) is 8.69. The molecule has 2 nitrogen and oxygen atoms in total. The second-order valence-corrected chi connectivity index (χ2v) is 5.95. The Morgan fingerprint density at radius 2 is 1.79 bits per heavy atom. The standard InChI is InChI=1S/C13H15F3INO/c1-9(2)7-18(8-13(14,15)16)12(19)10-3-5-11(17)6-4-10/h3-6,9H,7-8H2,1-2H3. The molecule has 1 amide bonds. The third kappa shape index (κ3) is 5.80. The molecule has 0 N–H and O–H groups in total. The van der Waals surface area contributed by atoms with Crippen molar-refractivity contribution in [3.63, 3.8) is 0 Å². The van der Waals surface area contributed by atoms with Crippen LogP contribution in [0.25, 0.3) is 0 Å². The molecule has 19 heavy (non-hydrogen) atoms. The molecule has 0 radical (unpaired) electrons. The smallest absolute Gasteiger partial charge is 0.329 e. The number of rotatable bonds is 4. The summed E-state index contributed by atoms with van der Waals surface area (Å²) in [4.78, 5) is 12.9. The van der Waals surface area contributed by atoms with E-state index in [4.69, 9.17) is 0 Å². The SMILES string of the molecule is CC(C)CN(CC(F)(F)F)C(=O)c1ccc(I)cc1. The zero-order valence-electron chi connectivity index (χ0n) is 10.7. The molecule has 0 aromatic heterocycles. The van der Waals surface area contributed by atoms with Gasteiger partial charge in [0.2, 0.25) is 0 Å². The topological polar surface area (TPSA) is 20.3 Å². The van der Waals surface area contributed by atoms with E-state index in [1.165, 1.54) is 0 Å². The van der Waals surface area contributed by atoms with E-state index in [2.05, 4.69) is 22.6 Å². The van der Waals surface area contributed by atoms with Gasteiger partial charge in [0, 0.05) is 15.7 Å². The summed E-state index contributed by atoms with van der Waals surface area (Å²) in [6.45, 7) is 2.44. The Morgan fingerprint density at radius 1 is 1.26 bits per heavy atom. The van der Waals surface area contributed by atoms with Gasteiger partial charge in [0.05, 0.1) is 0 Å². The van der Waals surface area contributed by atoms with Crippen LogP contribution >= 0.6 is 22.6 Å². The fourth-order valence-electron chi connectivity index (χ4n) is 1.65. The molecule has 0 spiro atoms. The summed E-state index contributed by atoms with van der Waals surface area (Å²) in [7, 11) is 0. The number of benzene rings is 1. The molecular weight excluding hydrogens is 370 g/mol. The van der Waals surface area contributed by atoms with Gasteiger partial charge in [0.25, 0.3) is 5.91 Å². The van der Waals surface area contributed by atoms with Gasteiger partial charge in [-0.1, -0.05) is 13.8 Å². The molecule has 0 heterocycles. The fraction of sp³-hybridized carbons (Fsp3) is 0.462. The summed E-state index contributed by atoms with van der Waals surface area (Å²) in [6.07, 6.45) is -4.38. The Balaban J connectivity index is 2.90. The molecule has 6 heteroatoms. The predicted octanol–water partition coefficient (Wildman–Crippen LogP) is 3.95. The molecule has 1 aromatic rings. The lowest BCUT2D eigenvalue weighted by atomic mass is 10.1. The molecule has 106 valence electrons. The quantitative estimate of drug-likeness (QED) is 0.719. The fourth-order valence-corrected chi connectivity index (χ4v) is 2.01. The molecular formula is C13H15F3INO. The van der Waals surface area contributed by atoms with Crippen LogP contribution in [0.1, 0.15) is 24.2 Å². The highest BCUT2D eigenvalue weighted by Gasteiger charge is 2.33. The first-order valence-electron chi connectivity index (χ1n) is 5.80. The monoisotopic (exact) mass is 385 g/mol. The largest absolute Gasteiger partial charge is 0.406 e. The van der Waals surface area contributed by atoms with Crippen molar-refractivity contribution in [1.82, 2.24) is 4.90 Å². The zero-order valence-corrected chi connectivity index (χ0v) is 12.8. The van der Waals surface area contributed by atoms with Crippen molar-refractivity contribution in [3.8, 4) is 0 Å². The Bertz CT molecular complexity index is 429. The highest BCUT2D eigenvalue weighted by Crippen LogP contribution is 2.19. The number of amides is 1. The van der Waals surface area contributed by atoms with Crippen LogP contribution in [0, 0.1) is 9.49 Å². The van der Waals surface area contributed by atoms with Crippen molar-refractivity contribution in [2.24, 2.45) is 5.92 Å². The molecule has 0 saturated carbocycles. The van der Waals surface area contributed by atoms with Crippen molar-refractivity contribution >= 4 is 28.5 Å². The Labute approximate surface area is 124 Å². The maximum absolute atomic E-state index is 12.5. The number of carbonyl (C=O) groups excluding carboxylic acids is 1. The van der Waals surface area contributed by atoms with Crippen molar-refractivity contribution in [2.45, 2.75) is 20.0 Å². The third-order valence-corrected chi connectivity index (χ3v) is 3.05. The second kappa shape index (κ2) is 6.58. The molecule has 1 aromatic carbocycles. The Kier molecular flexibility index (Phi) is 5.64. The van der Waals surface area contributed by atoms with E-state index in [-0.39, 0.29) is 18.0 Å². The van der Waals surface area contributed by atoms with Crippen LogP contribution in [0.2, 0.25) is 0 Å². The average Bonchev–Trinajstić information content (AvgIpc) is 2.25. The van der Waals surface area contributed by atoms with Gasteiger partial charge in [-0.2, -0.15) is 13.2 Å². The van der Waals surface area contributed by atoms with E-state index in [9.17, 15) is 18.0 Å². The van der Waals surface area contributed by atoms with Gasteiger partial charge >= 0.3 is 6.18 Å². The van der Waals surface area contributed by atoms with Crippen LogP contribution in [0.4, 0.5) is 13.2 Å². The van der Waals surface area contributed by atoms with Gasteiger partial charge in [-0.05, 0) is 52.8 Å². The highest BCUT2D eigenvalue weighted by molar-refractivity contribution is 14.1. The minimum absolute atomic E-state index is 0.0184. The van der Waals surface area contributed by atoms with Crippen LogP contribution < -0.4 is 0 Å². The van der Waals surface area contributed by atoms with Crippen molar-refractivity contribution in [2.75, 3.05) is 13.1 Å². The first-order valence-corrected chi connectivity index (χ1v) is 6.88. The molecule has 0 aliphatic carbocycles. The maximum atomic E-state index is 12.5. The molecule has 0 unspecified atom stereocenters. The normalized spacial score (nSPS) is 11.7. The van der Waals surface area contributed by atoms with Crippen LogP contribution in [0.3, 0.4) is 0 Å². The lowest BCUT2D eigenvalue weighted by molar-refractivity contribution is -0.141. The first kappa shape index (κ1) is 16.3. The van der Waals surface area contributed by atoms with Crippen LogP contribution in [0.15, 0.2) is 24.3 Å². The van der Waals surface area contributed by atoms with E-state index < -0.39 is 18.6 Å². The second-order valence-electron chi connectivity index (χ2n) is 4.70. The van der Waals surface area contributed by atoms with Crippen molar-refractivity contribution in [3.05, 3.63) is 33.4 Å². The molecule has 0 fully saturated rings. The van der Waals surface area contributed by atoms with E-state index in [0.717, 1.165) is 8.47 Å². The van der Waals surface area contributed by atoms with Gasteiger partial charge < -0.3 is 4.90 Å². The molecule has 0 bridgehead atoms. The number of nitrogens with zero attached hydrogens (tertiary/aromatic N) is 1. The van der Waals surface area contributed by atoms with E-state index >= 15 is 0 Å². The summed E-state index contributed by atoms with van der Waals surface area (Å²) in [5.41, 5.74) is 0.283. The van der Waals surface area contributed by atoms with Gasteiger partial charge in [-0.3, -0.25) is 4.79 Å². The molecule has 0 atom stereocenters. The summed E-state index contributed by atoms with van der Waals surface area (Å²) in [5.74, 6) is -0.599. The predicted molar refractivity (Wildman–Crippen MR) is 76.0 cm³/mol. The van der Waals surface area contributed by atoms with Crippen LogP contribution in [-0.2, 0) is 0 Å². The van der Waals surface area contributed by atoms with Gasteiger partial charge in [-0.25, -0.2) is 0 Å². The molecule has 0 aliphatic heterocycles. The Morgan fingerprint density at radius 3 is 2.21 bits per heavy atom. The average molecular weight is 385 g/mol. The maximum Gasteiger partial charge on any atom is 0.406 e. The lowest BCUT2D eigenvalue weighted by Gasteiger charge is -2.25. The van der Waals surface area contributed by atoms with Gasteiger partial charge in [0.15, 0.2) is 0 Å². The van der Waals surface area contributed by atoms with E-state index in [1.807, 2.05) is 0 Å². The minimum Gasteiger partial charge on any atom is -0.329 e. The van der Waals surface area contributed by atoms with Crippen molar-refractivity contribution < 1.29 is 18.0 Å². The summed E-state index contributed by atoms with van der Waals surface area (Å²) < 4.78 is 38.4. The number of carbonyl (C=O) groups is 1. The summed E-state index contributed by atoms with van der Waals surface area (Å²) in [5, 5.41) is 0.